The number of carbonyl (C=O) groups excluding carboxylic acids is 1. The summed E-state index contributed by atoms with van der Waals surface area (Å²) in [4.78, 5) is 21.5. The number of benzene rings is 1. The van der Waals surface area contributed by atoms with Gasteiger partial charge < -0.3 is 10.6 Å². The molecule has 3 aromatic heterocycles. The summed E-state index contributed by atoms with van der Waals surface area (Å²) in [5, 5.41) is 10.6. The highest BCUT2D eigenvalue weighted by molar-refractivity contribution is 5.96. The highest BCUT2D eigenvalue weighted by Gasteiger charge is 2.24. The van der Waals surface area contributed by atoms with Crippen LogP contribution >= 0.6 is 0 Å². The monoisotopic (exact) mass is 401 g/mol. The number of nitrogens with zero attached hydrogens (tertiary/aromatic N) is 5. The Balaban J connectivity index is 1.43. The third kappa shape index (κ3) is 3.41. The molecule has 0 atom stereocenters. The van der Waals surface area contributed by atoms with E-state index in [2.05, 4.69) is 25.7 Å². The van der Waals surface area contributed by atoms with Crippen LogP contribution in [0.2, 0.25) is 0 Å². The van der Waals surface area contributed by atoms with Crippen molar-refractivity contribution in [1.29, 1.82) is 0 Å². The number of aryl methyl sites for hydroxylation is 2. The molecule has 1 aromatic carbocycles. The fraction of sp³-hybridized carbons (Fsp3) is 0.273. The van der Waals surface area contributed by atoms with Crippen LogP contribution in [0.15, 0.2) is 49.1 Å². The third-order valence-corrected chi connectivity index (χ3v) is 5.47. The summed E-state index contributed by atoms with van der Waals surface area (Å²) in [6.07, 6.45) is 9.43. The van der Waals surface area contributed by atoms with Crippen molar-refractivity contribution in [3.05, 3.63) is 65.9 Å². The molecule has 0 bridgehead atoms. The third-order valence-electron chi connectivity index (χ3n) is 5.47. The van der Waals surface area contributed by atoms with E-state index >= 15 is 0 Å². The molecule has 1 aliphatic carbocycles. The number of nitrogens with one attached hydrogen (secondary N) is 2. The molecular formula is C22H23N7O. The molecule has 1 amide bonds. The van der Waals surface area contributed by atoms with Gasteiger partial charge in [0.05, 0.1) is 24.1 Å². The van der Waals surface area contributed by atoms with Crippen LogP contribution in [0.3, 0.4) is 0 Å². The lowest BCUT2D eigenvalue weighted by Gasteiger charge is -2.10. The van der Waals surface area contributed by atoms with E-state index < -0.39 is 0 Å². The minimum atomic E-state index is 0.00513. The quantitative estimate of drug-likeness (QED) is 0.519. The second-order valence-corrected chi connectivity index (χ2v) is 7.69. The number of rotatable bonds is 6. The molecule has 0 radical (unpaired) electrons. The Morgan fingerprint density at radius 3 is 2.80 bits per heavy atom. The van der Waals surface area contributed by atoms with Crippen molar-refractivity contribution in [3.63, 3.8) is 0 Å². The molecule has 1 fully saturated rings. The first-order chi connectivity index (χ1) is 14.6. The largest absolute Gasteiger partial charge is 0.361 e. The van der Waals surface area contributed by atoms with Gasteiger partial charge in [-0.25, -0.2) is 9.97 Å². The van der Waals surface area contributed by atoms with Crippen LogP contribution in [0.4, 0.5) is 5.82 Å². The van der Waals surface area contributed by atoms with E-state index in [1.807, 2.05) is 59.7 Å². The molecule has 8 heteroatoms. The zero-order valence-corrected chi connectivity index (χ0v) is 17.0. The number of amides is 1. The molecule has 0 aliphatic heterocycles. The summed E-state index contributed by atoms with van der Waals surface area (Å²) >= 11 is 0. The number of hydrogen-bond acceptors (Lipinski definition) is 5. The number of anilines is 1. The van der Waals surface area contributed by atoms with E-state index in [0.29, 0.717) is 18.4 Å². The van der Waals surface area contributed by atoms with E-state index in [1.165, 1.54) is 0 Å². The van der Waals surface area contributed by atoms with Gasteiger partial charge in [0.1, 0.15) is 0 Å². The molecule has 5 rings (SSSR count). The van der Waals surface area contributed by atoms with E-state index in [-0.39, 0.29) is 5.91 Å². The number of carbonyl (C=O) groups is 1. The molecule has 3 heterocycles. The van der Waals surface area contributed by atoms with Crippen LogP contribution in [0.1, 0.15) is 34.5 Å². The fourth-order valence-electron chi connectivity index (χ4n) is 3.58. The van der Waals surface area contributed by atoms with Gasteiger partial charge in [-0.15, -0.1) is 0 Å². The van der Waals surface area contributed by atoms with Gasteiger partial charge in [-0.3, -0.25) is 13.9 Å². The molecule has 152 valence electrons. The highest BCUT2D eigenvalue weighted by Crippen LogP contribution is 2.26. The second kappa shape index (κ2) is 7.29. The van der Waals surface area contributed by atoms with Crippen molar-refractivity contribution in [2.75, 3.05) is 5.32 Å². The second-order valence-electron chi connectivity index (χ2n) is 7.69. The summed E-state index contributed by atoms with van der Waals surface area (Å²) in [5.41, 5.74) is 5.44. The standard InChI is InChI=1S/C22H23N7O/c1-14-11-15(3-6-18(14)22(30)27-16-4-5-16)19-13-25-21-20(23-9-10-29(19)21)24-12-17-7-8-26-28(17)2/h3,6-11,13,16H,4-5,12H2,1-2H3,(H,23,24)(H,27,30). The van der Waals surface area contributed by atoms with Gasteiger partial charge >= 0.3 is 0 Å². The summed E-state index contributed by atoms with van der Waals surface area (Å²) in [5.74, 6) is 0.715. The average molecular weight is 401 g/mol. The summed E-state index contributed by atoms with van der Waals surface area (Å²) in [6.45, 7) is 2.58. The predicted molar refractivity (Wildman–Crippen MR) is 114 cm³/mol. The first kappa shape index (κ1) is 18.4. The van der Waals surface area contributed by atoms with Crippen LogP contribution in [0, 0.1) is 6.92 Å². The van der Waals surface area contributed by atoms with Gasteiger partial charge in [0.25, 0.3) is 5.91 Å². The Hall–Kier alpha value is -3.68. The normalized spacial score (nSPS) is 13.5. The van der Waals surface area contributed by atoms with Crippen LogP contribution < -0.4 is 10.6 Å². The maximum Gasteiger partial charge on any atom is 0.251 e. The molecule has 0 saturated heterocycles. The van der Waals surface area contributed by atoms with Crippen LogP contribution in [0.25, 0.3) is 16.9 Å². The molecule has 0 spiro atoms. The van der Waals surface area contributed by atoms with Crippen LogP contribution in [0.5, 0.6) is 0 Å². The van der Waals surface area contributed by atoms with Crippen LogP contribution in [-0.2, 0) is 13.6 Å². The smallest absolute Gasteiger partial charge is 0.251 e. The number of fused-ring (bicyclic) bond motifs is 1. The molecule has 30 heavy (non-hydrogen) atoms. The molecule has 1 aliphatic rings. The number of hydrogen-bond donors (Lipinski definition) is 2. The lowest BCUT2D eigenvalue weighted by molar-refractivity contribution is 0.0950. The maximum atomic E-state index is 12.4. The average Bonchev–Trinajstić information content (AvgIpc) is 3.28. The lowest BCUT2D eigenvalue weighted by atomic mass is 10.0. The van der Waals surface area contributed by atoms with Gasteiger partial charge in [0.2, 0.25) is 0 Å². The first-order valence-corrected chi connectivity index (χ1v) is 10.0. The zero-order chi connectivity index (χ0) is 20.7. The number of imidazole rings is 1. The SMILES string of the molecule is Cc1cc(-c2cnc3c(NCc4ccnn4C)nccn23)ccc1C(=O)NC1CC1. The molecule has 1 saturated carbocycles. The molecule has 8 nitrogen and oxygen atoms in total. The molecule has 0 unspecified atom stereocenters. The molecular weight excluding hydrogens is 378 g/mol. The topological polar surface area (TPSA) is 89.1 Å². The minimum absolute atomic E-state index is 0.00513. The van der Waals surface area contributed by atoms with Crippen molar-refractivity contribution in [1.82, 2.24) is 29.5 Å². The summed E-state index contributed by atoms with van der Waals surface area (Å²) in [6, 6.07) is 8.22. The van der Waals surface area contributed by atoms with Gasteiger partial charge in [-0.1, -0.05) is 6.07 Å². The summed E-state index contributed by atoms with van der Waals surface area (Å²) in [7, 11) is 1.91. The van der Waals surface area contributed by atoms with Crippen molar-refractivity contribution < 1.29 is 4.79 Å². The van der Waals surface area contributed by atoms with Gasteiger partial charge in [-0.05, 0) is 43.5 Å². The summed E-state index contributed by atoms with van der Waals surface area (Å²) < 4.78 is 3.84. The minimum Gasteiger partial charge on any atom is -0.361 e. The van der Waals surface area contributed by atoms with E-state index in [0.717, 1.165) is 46.6 Å². The number of aromatic nitrogens is 5. The van der Waals surface area contributed by atoms with Crippen molar-refractivity contribution in [3.8, 4) is 11.3 Å². The molecule has 4 aromatic rings. The van der Waals surface area contributed by atoms with Crippen molar-refractivity contribution in [2.45, 2.75) is 32.4 Å². The zero-order valence-electron chi connectivity index (χ0n) is 17.0. The predicted octanol–water partition coefficient (Wildman–Crippen LogP) is 2.94. The highest BCUT2D eigenvalue weighted by atomic mass is 16.1. The van der Waals surface area contributed by atoms with Gasteiger partial charge in [-0.2, -0.15) is 5.10 Å². The van der Waals surface area contributed by atoms with E-state index in [9.17, 15) is 4.79 Å². The van der Waals surface area contributed by atoms with Gasteiger partial charge in [0.15, 0.2) is 11.5 Å². The Bertz CT molecular complexity index is 1240. The molecule has 2 N–H and O–H groups in total. The van der Waals surface area contributed by atoms with Crippen molar-refractivity contribution >= 4 is 17.4 Å². The Morgan fingerprint density at radius 1 is 1.20 bits per heavy atom. The van der Waals surface area contributed by atoms with E-state index in [1.54, 1.807) is 12.4 Å². The fourth-order valence-corrected chi connectivity index (χ4v) is 3.58. The van der Waals surface area contributed by atoms with E-state index in [4.69, 9.17) is 0 Å². The van der Waals surface area contributed by atoms with Gasteiger partial charge in [0, 0.05) is 42.8 Å². The van der Waals surface area contributed by atoms with Crippen molar-refractivity contribution in [2.24, 2.45) is 7.05 Å². The Kier molecular flexibility index (Phi) is 4.46. The van der Waals surface area contributed by atoms with Crippen LogP contribution in [-0.4, -0.2) is 36.1 Å². The first-order valence-electron chi connectivity index (χ1n) is 10.0. The maximum absolute atomic E-state index is 12.4. The lowest BCUT2D eigenvalue weighted by Crippen LogP contribution is -2.26. The Labute approximate surface area is 174 Å². The Morgan fingerprint density at radius 2 is 2.07 bits per heavy atom.